The van der Waals surface area contributed by atoms with E-state index < -0.39 is 67.9 Å². The van der Waals surface area contributed by atoms with Crippen LogP contribution in [0.4, 0.5) is 43.4 Å². The summed E-state index contributed by atoms with van der Waals surface area (Å²) in [7, 11) is 0.141. The topological polar surface area (TPSA) is 108 Å². The molecule has 0 spiro atoms. The summed E-state index contributed by atoms with van der Waals surface area (Å²) in [6.07, 6.45) is -11.7. The molecule has 31 heavy (non-hydrogen) atoms. The Morgan fingerprint density at radius 3 is 2.10 bits per heavy atom. The lowest BCUT2D eigenvalue weighted by atomic mass is 10.1. The first-order chi connectivity index (χ1) is 14.1. The van der Waals surface area contributed by atoms with Crippen molar-refractivity contribution in [2.45, 2.75) is 23.3 Å². The third-order valence-corrected chi connectivity index (χ3v) is 5.67. The van der Waals surface area contributed by atoms with Gasteiger partial charge in [0.2, 0.25) is 6.04 Å². The van der Waals surface area contributed by atoms with Crippen molar-refractivity contribution >= 4 is 39.6 Å². The maximum Gasteiger partial charge on any atom is 0.417 e. The predicted octanol–water partition coefficient (Wildman–Crippen LogP) is 2.81. The molecule has 0 aliphatic carbocycles. The molecule has 16 heteroatoms. The van der Waals surface area contributed by atoms with Crippen molar-refractivity contribution in [2.75, 3.05) is 24.8 Å². The Balaban J connectivity index is 2.47. The third kappa shape index (κ3) is 4.94. The van der Waals surface area contributed by atoms with E-state index in [0.717, 1.165) is 29.0 Å². The standard InChI is InChI=1S/C15H12ClF6N3O5S/c1-25(30-2)31(29)12-5(16)3-4-6(9(12)26)23-7-8(11(28)10(7)27)24-13(14(17,18)19)15(20,21)22/h3-4,13,23-24,26H,1-2H3. The van der Waals surface area contributed by atoms with Crippen LogP contribution in [0.1, 0.15) is 0 Å². The lowest BCUT2D eigenvalue weighted by Crippen LogP contribution is -2.51. The van der Waals surface area contributed by atoms with Gasteiger partial charge in [-0.1, -0.05) is 11.6 Å². The number of anilines is 3. The number of hydroxylamine groups is 1. The fraction of sp³-hybridized carbons (Fsp3) is 0.333. The van der Waals surface area contributed by atoms with E-state index in [1.807, 2.05) is 0 Å². The molecule has 172 valence electrons. The normalized spacial score (nSPS) is 13.8. The Morgan fingerprint density at radius 1 is 1.10 bits per heavy atom. The molecular weight excluding hydrogens is 484 g/mol. The average molecular weight is 496 g/mol. The zero-order valence-electron chi connectivity index (χ0n) is 15.3. The number of hydrogen-bond acceptors (Lipinski definition) is 7. The molecule has 0 bridgehead atoms. The van der Waals surface area contributed by atoms with Gasteiger partial charge >= 0.3 is 12.4 Å². The van der Waals surface area contributed by atoms with Crippen LogP contribution in [-0.4, -0.2) is 46.3 Å². The van der Waals surface area contributed by atoms with Gasteiger partial charge in [0, 0.05) is 7.05 Å². The second-order valence-corrected chi connectivity index (χ2v) is 7.67. The zero-order valence-corrected chi connectivity index (χ0v) is 16.9. The van der Waals surface area contributed by atoms with Crippen LogP contribution in [0.25, 0.3) is 0 Å². The monoisotopic (exact) mass is 495 g/mol. The van der Waals surface area contributed by atoms with Gasteiger partial charge in [-0.2, -0.15) is 26.3 Å². The SMILES string of the molecule is CON(C)S(=O)c1c(Cl)ccc(Nc2c(NC(C(F)(F)F)C(F)(F)F)c(=O)c2=O)c1O. The highest BCUT2D eigenvalue weighted by atomic mass is 35.5. The largest absolute Gasteiger partial charge is 0.504 e. The van der Waals surface area contributed by atoms with Crippen molar-refractivity contribution in [3.05, 3.63) is 37.6 Å². The van der Waals surface area contributed by atoms with Crippen LogP contribution in [0.2, 0.25) is 5.02 Å². The average Bonchev–Trinajstić information content (AvgIpc) is 2.65. The summed E-state index contributed by atoms with van der Waals surface area (Å²) in [5.74, 6) is -0.850. The third-order valence-electron chi connectivity index (χ3n) is 3.86. The molecule has 0 radical (unpaired) electrons. The van der Waals surface area contributed by atoms with Gasteiger partial charge in [0.15, 0.2) is 16.7 Å². The molecule has 0 amide bonds. The highest BCUT2D eigenvalue weighted by molar-refractivity contribution is 7.82. The number of hydrogen-bond donors (Lipinski definition) is 3. The minimum atomic E-state index is -5.83. The highest BCUT2D eigenvalue weighted by Crippen LogP contribution is 2.40. The first-order valence-electron chi connectivity index (χ1n) is 7.82. The summed E-state index contributed by atoms with van der Waals surface area (Å²) in [6, 6.07) is -2.05. The van der Waals surface area contributed by atoms with Crippen LogP contribution in [0, 0.1) is 0 Å². The van der Waals surface area contributed by atoms with Gasteiger partial charge < -0.3 is 15.7 Å². The molecule has 3 N–H and O–H groups in total. The molecule has 0 heterocycles. The Labute approximate surface area is 176 Å². The number of rotatable bonds is 7. The Hall–Kier alpha value is -2.36. The summed E-state index contributed by atoms with van der Waals surface area (Å²) in [5.41, 5.74) is -5.77. The molecule has 2 rings (SSSR count). The summed E-state index contributed by atoms with van der Waals surface area (Å²) in [4.78, 5) is 27.6. The molecule has 0 aromatic heterocycles. The van der Waals surface area contributed by atoms with Gasteiger partial charge in [-0.25, -0.2) is 4.21 Å². The van der Waals surface area contributed by atoms with Gasteiger partial charge in [0.05, 0.1) is 17.8 Å². The van der Waals surface area contributed by atoms with Gasteiger partial charge in [0.25, 0.3) is 10.9 Å². The van der Waals surface area contributed by atoms with Crippen LogP contribution >= 0.6 is 11.6 Å². The summed E-state index contributed by atoms with van der Waals surface area (Å²) in [5, 5.41) is 13.1. The van der Waals surface area contributed by atoms with Gasteiger partial charge in [-0.05, 0) is 12.1 Å². The number of nitrogens with zero attached hydrogens (tertiary/aromatic N) is 1. The van der Waals surface area contributed by atoms with Crippen molar-refractivity contribution in [3.63, 3.8) is 0 Å². The van der Waals surface area contributed by atoms with Crippen molar-refractivity contribution in [2.24, 2.45) is 0 Å². The fourth-order valence-corrected chi connectivity index (χ4v) is 3.54. The van der Waals surface area contributed by atoms with Crippen molar-refractivity contribution in [1.29, 1.82) is 0 Å². The minimum Gasteiger partial charge on any atom is -0.504 e. The van der Waals surface area contributed by atoms with E-state index in [4.69, 9.17) is 16.4 Å². The van der Waals surface area contributed by atoms with E-state index in [1.54, 1.807) is 0 Å². The van der Waals surface area contributed by atoms with Crippen LogP contribution < -0.4 is 21.5 Å². The van der Waals surface area contributed by atoms with E-state index >= 15 is 0 Å². The van der Waals surface area contributed by atoms with Crippen LogP contribution in [-0.2, 0) is 15.8 Å². The Bertz CT molecular complexity index is 1070. The Morgan fingerprint density at radius 2 is 1.61 bits per heavy atom. The molecule has 1 unspecified atom stereocenters. The minimum absolute atomic E-state index is 0.233. The molecule has 2 aromatic carbocycles. The molecule has 2 aromatic rings. The lowest BCUT2D eigenvalue weighted by molar-refractivity contribution is -0.242. The number of benzene rings is 1. The van der Waals surface area contributed by atoms with E-state index in [1.165, 1.54) is 7.05 Å². The molecule has 0 saturated carbocycles. The number of phenolic OH excluding ortho intramolecular Hbond substituents is 1. The molecule has 0 aliphatic rings. The number of phenols is 1. The smallest absolute Gasteiger partial charge is 0.417 e. The summed E-state index contributed by atoms with van der Waals surface area (Å²) in [6.45, 7) is 0. The zero-order chi connectivity index (χ0) is 23.9. The summed E-state index contributed by atoms with van der Waals surface area (Å²) < 4.78 is 89.6. The molecule has 0 saturated heterocycles. The number of halogens is 7. The number of alkyl halides is 6. The maximum atomic E-state index is 12.7. The van der Waals surface area contributed by atoms with E-state index in [-0.39, 0.29) is 5.02 Å². The molecule has 8 nitrogen and oxygen atoms in total. The van der Waals surface area contributed by atoms with E-state index in [9.17, 15) is 45.2 Å². The van der Waals surface area contributed by atoms with Crippen molar-refractivity contribution in [1.82, 2.24) is 4.47 Å². The van der Waals surface area contributed by atoms with E-state index in [0.29, 0.717) is 0 Å². The van der Waals surface area contributed by atoms with Crippen molar-refractivity contribution < 1.29 is 40.5 Å². The maximum absolute atomic E-state index is 12.7. The molecule has 0 fully saturated rings. The van der Waals surface area contributed by atoms with Gasteiger partial charge in [-0.15, -0.1) is 4.47 Å². The highest BCUT2D eigenvalue weighted by Gasteiger charge is 2.57. The fourth-order valence-electron chi connectivity index (χ4n) is 2.29. The molecule has 0 aliphatic heterocycles. The van der Waals surface area contributed by atoms with Crippen LogP contribution in [0.15, 0.2) is 26.6 Å². The van der Waals surface area contributed by atoms with E-state index in [2.05, 4.69) is 5.32 Å². The number of aromatic hydroxyl groups is 1. The Kier molecular flexibility index (Phi) is 6.94. The van der Waals surface area contributed by atoms with Gasteiger partial charge in [0.1, 0.15) is 16.3 Å². The van der Waals surface area contributed by atoms with Crippen LogP contribution in [0.5, 0.6) is 5.75 Å². The van der Waals surface area contributed by atoms with Gasteiger partial charge in [-0.3, -0.25) is 14.4 Å². The quantitative estimate of drug-likeness (QED) is 0.235. The second-order valence-electron chi connectivity index (χ2n) is 5.84. The summed E-state index contributed by atoms with van der Waals surface area (Å²) >= 11 is 5.87. The van der Waals surface area contributed by atoms with Crippen molar-refractivity contribution in [3.8, 4) is 5.75 Å². The molecular formula is C15H12ClF6N3O5S. The first-order valence-corrected chi connectivity index (χ1v) is 9.31. The van der Waals surface area contributed by atoms with Crippen LogP contribution in [0.3, 0.4) is 0 Å². The number of nitrogens with one attached hydrogen (secondary N) is 2. The second kappa shape index (κ2) is 8.64. The predicted molar refractivity (Wildman–Crippen MR) is 98.5 cm³/mol. The first kappa shape index (κ1) is 24.9. The molecule has 1 atom stereocenters. The lowest BCUT2D eigenvalue weighted by Gasteiger charge is -2.26.